The van der Waals surface area contributed by atoms with Gasteiger partial charge < -0.3 is 10.4 Å². The van der Waals surface area contributed by atoms with E-state index in [9.17, 15) is 14.0 Å². The normalized spacial score (nSPS) is 22.2. The maximum atomic E-state index is 13.0. The Morgan fingerprint density at radius 2 is 2.05 bits per heavy atom. The van der Waals surface area contributed by atoms with Gasteiger partial charge >= 0.3 is 5.97 Å². The van der Waals surface area contributed by atoms with Gasteiger partial charge in [-0.1, -0.05) is 18.6 Å². The van der Waals surface area contributed by atoms with Crippen molar-refractivity contribution in [2.24, 2.45) is 11.8 Å². The molecule has 0 saturated heterocycles. The summed E-state index contributed by atoms with van der Waals surface area (Å²) in [6.45, 7) is 0.269. The molecule has 0 radical (unpaired) electrons. The first-order chi connectivity index (χ1) is 9.56. The Hall–Kier alpha value is -1.91. The molecule has 2 atom stereocenters. The Labute approximate surface area is 117 Å². The average Bonchev–Trinajstić information content (AvgIpc) is 2.45. The van der Waals surface area contributed by atoms with Crippen LogP contribution in [0.5, 0.6) is 0 Å². The van der Waals surface area contributed by atoms with Crippen LogP contribution < -0.4 is 5.32 Å². The summed E-state index contributed by atoms with van der Waals surface area (Å²) >= 11 is 0. The summed E-state index contributed by atoms with van der Waals surface area (Å²) in [4.78, 5) is 23.0. The molecule has 0 heterocycles. The average molecular weight is 279 g/mol. The molecule has 0 spiro atoms. The van der Waals surface area contributed by atoms with Gasteiger partial charge in [0.05, 0.1) is 5.92 Å². The van der Waals surface area contributed by atoms with E-state index in [-0.39, 0.29) is 24.2 Å². The molecule has 1 aromatic rings. The minimum Gasteiger partial charge on any atom is -0.481 e. The van der Waals surface area contributed by atoms with E-state index in [0.717, 1.165) is 12.8 Å². The van der Waals surface area contributed by atoms with Gasteiger partial charge in [0.2, 0.25) is 5.91 Å². The highest BCUT2D eigenvalue weighted by Crippen LogP contribution is 2.29. The van der Waals surface area contributed by atoms with E-state index in [2.05, 4.69) is 5.32 Å². The summed E-state index contributed by atoms with van der Waals surface area (Å²) in [5.41, 5.74) is 0.698. The largest absolute Gasteiger partial charge is 0.481 e. The van der Waals surface area contributed by atoms with Gasteiger partial charge in [-0.05, 0) is 37.0 Å². The zero-order valence-electron chi connectivity index (χ0n) is 11.1. The highest BCUT2D eigenvalue weighted by Gasteiger charge is 2.30. The van der Waals surface area contributed by atoms with Gasteiger partial charge in [0.25, 0.3) is 0 Å². The molecule has 4 nitrogen and oxygen atoms in total. The number of benzene rings is 1. The summed E-state index contributed by atoms with van der Waals surface area (Å²) < 4.78 is 13.0. The smallest absolute Gasteiger partial charge is 0.306 e. The highest BCUT2D eigenvalue weighted by atomic mass is 19.1. The van der Waals surface area contributed by atoms with Gasteiger partial charge in [-0.2, -0.15) is 0 Å². The van der Waals surface area contributed by atoms with E-state index in [4.69, 9.17) is 5.11 Å². The fourth-order valence-electron chi connectivity index (χ4n) is 2.63. The monoisotopic (exact) mass is 279 g/mol. The number of rotatable bonds is 4. The van der Waals surface area contributed by atoms with Crippen LogP contribution in [0.25, 0.3) is 0 Å². The summed E-state index contributed by atoms with van der Waals surface area (Å²) in [5.74, 6) is -1.97. The van der Waals surface area contributed by atoms with Crippen LogP contribution in [0.2, 0.25) is 0 Å². The Morgan fingerprint density at radius 3 is 2.75 bits per heavy atom. The van der Waals surface area contributed by atoms with Gasteiger partial charge in [-0.25, -0.2) is 4.39 Å². The topological polar surface area (TPSA) is 66.4 Å². The maximum Gasteiger partial charge on any atom is 0.306 e. The van der Waals surface area contributed by atoms with Crippen molar-refractivity contribution in [1.29, 1.82) is 0 Å². The second kappa shape index (κ2) is 6.50. The lowest BCUT2D eigenvalue weighted by molar-refractivity contribution is -0.144. The Kier molecular flexibility index (Phi) is 4.71. The highest BCUT2D eigenvalue weighted by molar-refractivity contribution is 5.80. The second-order valence-electron chi connectivity index (χ2n) is 5.25. The Bertz CT molecular complexity index is 504. The minimum absolute atomic E-state index is 0.139. The van der Waals surface area contributed by atoms with Crippen LogP contribution >= 0.6 is 0 Å². The van der Waals surface area contributed by atoms with Crippen LogP contribution in [0.4, 0.5) is 4.39 Å². The van der Waals surface area contributed by atoms with Crippen molar-refractivity contribution >= 4 is 11.9 Å². The summed E-state index contributed by atoms with van der Waals surface area (Å²) in [6, 6.07) is 6.06. The molecule has 2 N–H and O–H groups in total. The standard InChI is InChI=1S/C15H18FNO3/c16-13-6-1-3-10(7-13)9-17-14(18)11-4-2-5-12(8-11)15(19)20/h1,3,6-7,11-12H,2,4-5,8-9H2,(H,17,18)(H,19,20)/t11-,12-/m1/s1. The van der Waals surface area contributed by atoms with Crippen molar-refractivity contribution in [3.8, 4) is 0 Å². The molecule has 2 rings (SSSR count). The molecule has 108 valence electrons. The second-order valence-corrected chi connectivity index (χ2v) is 5.25. The number of amides is 1. The summed E-state index contributed by atoms with van der Waals surface area (Å²) in [7, 11) is 0. The molecule has 0 aromatic heterocycles. The number of aliphatic carboxylic acids is 1. The molecule has 0 aliphatic heterocycles. The number of carbonyl (C=O) groups excluding carboxylic acids is 1. The summed E-state index contributed by atoms with van der Waals surface area (Å²) in [6.07, 6.45) is 2.51. The first kappa shape index (κ1) is 14.5. The fourth-order valence-corrected chi connectivity index (χ4v) is 2.63. The van der Waals surface area contributed by atoms with E-state index in [1.165, 1.54) is 12.1 Å². The molecule has 0 unspecified atom stereocenters. The van der Waals surface area contributed by atoms with Gasteiger partial charge in [-0.3, -0.25) is 9.59 Å². The third-order valence-corrected chi connectivity index (χ3v) is 3.75. The number of hydrogen-bond acceptors (Lipinski definition) is 2. The van der Waals surface area contributed by atoms with Crippen LogP contribution in [-0.2, 0) is 16.1 Å². The first-order valence-electron chi connectivity index (χ1n) is 6.81. The molecule has 1 aromatic carbocycles. The number of nitrogens with one attached hydrogen (secondary N) is 1. The molecule has 0 bridgehead atoms. The van der Waals surface area contributed by atoms with Gasteiger partial charge in [0, 0.05) is 12.5 Å². The molecule has 1 amide bonds. The molecule has 1 fully saturated rings. The Morgan fingerprint density at radius 1 is 1.30 bits per heavy atom. The third kappa shape index (κ3) is 3.79. The first-order valence-corrected chi connectivity index (χ1v) is 6.81. The third-order valence-electron chi connectivity index (χ3n) is 3.75. The lowest BCUT2D eigenvalue weighted by Gasteiger charge is -2.25. The van der Waals surface area contributed by atoms with Crippen molar-refractivity contribution in [2.75, 3.05) is 0 Å². The van der Waals surface area contributed by atoms with E-state index in [1.54, 1.807) is 12.1 Å². The zero-order valence-corrected chi connectivity index (χ0v) is 11.1. The van der Waals surface area contributed by atoms with E-state index < -0.39 is 11.9 Å². The molecular formula is C15H18FNO3. The molecule has 1 saturated carbocycles. The van der Waals surface area contributed by atoms with Crippen molar-refractivity contribution in [1.82, 2.24) is 5.32 Å². The molecule has 1 aliphatic carbocycles. The van der Waals surface area contributed by atoms with Crippen molar-refractivity contribution in [3.63, 3.8) is 0 Å². The molecule has 20 heavy (non-hydrogen) atoms. The lowest BCUT2D eigenvalue weighted by atomic mass is 9.81. The minimum atomic E-state index is -0.826. The van der Waals surface area contributed by atoms with E-state index in [0.29, 0.717) is 18.4 Å². The number of hydrogen-bond donors (Lipinski definition) is 2. The van der Waals surface area contributed by atoms with Crippen LogP contribution in [0, 0.1) is 17.7 Å². The number of carbonyl (C=O) groups is 2. The van der Waals surface area contributed by atoms with Crippen LogP contribution in [-0.4, -0.2) is 17.0 Å². The predicted molar refractivity (Wildman–Crippen MR) is 71.3 cm³/mol. The predicted octanol–water partition coefficient (Wildman–Crippen LogP) is 2.33. The van der Waals surface area contributed by atoms with E-state index in [1.807, 2.05) is 0 Å². The maximum absolute atomic E-state index is 13.0. The van der Waals surface area contributed by atoms with Gasteiger partial charge in [-0.15, -0.1) is 0 Å². The summed E-state index contributed by atoms with van der Waals surface area (Å²) in [5, 5.41) is 11.8. The molecular weight excluding hydrogens is 261 g/mol. The van der Waals surface area contributed by atoms with Gasteiger partial charge in [0.15, 0.2) is 0 Å². The SMILES string of the molecule is O=C(O)[C@@H]1CCC[C@@H](C(=O)NCc2cccc(F)c2)C1. The van der Waals surface area contributed by atoms with Crippen molar-refractivity contribution < 1.29 is 19.1 Å². The van der Waals surface area contributed by atoms with Crippen molar-refractivity contribution in [3.05, 3.63) is 35.6 Å². The van der Waals surface area contributed by atoms with Crippen LogP contribution in [0.3, 0.4) is 0 Å². The zero-order chi connectivity index (χ0) is 14.5. The fraction of sp³-hybridized carbons (Fsp3) is 0.467. The van der Waals surface area contributed by atoms with Crippen molar-refractivity contribution in [2.45, 2.75) is 32.2 Å². The van der Waals surface area contributed by atoms with E-state index >= 15 is 0 Å². The molecule has 5 heteroatoms. The number of carboxylic acids is 1. The Balaban J connectivity index is 1.87. The van der Waals surface area contributed by atoms with Crippen LogP contribution in [0.1, 0.15) is 31.2 Å². The quantitative estimate of drug-likeness (QED) is 0.889. The number of halogens is 1. The lowest BCUT2D eigenvalue weighted by Crippen LogP contribution is -2.35. The number of carboxylic acid groups (broad SMARTS) is 1. The molecule has 1 aliphatic rings. The van der Waals surface area contributed by atoms with Gasteiger partial charge in [0.1, 0.15) is 5.82 Å². The van der Waals surface area contributed by atoms with Crippen LogP contribution in [0.15, 0.2) is 24.3 Å².